The van der Waals surface area contributed by atoms with Crippen LogP contribution in [-0.2, 0) is 6.54 Å². The molecule has 2 aromatic heterocycles. The Morgan fingerprint density at radius 2 is 1.89 bits per heavy atom. The van der Waals surface area contributed by atoms with E-state index in [4.69, 9.17) is 4.74 Å². The van der Waals surface area contributed by atoms with Gasteiger partial charge in [0.05, 0.1) is 18.7 Å². The van der Waals surface area contributed by atoms with Crippen molar-refractivity contribution in [1.29, 1.82) is 0 Å². The van der Waals surface area contributed by atoms with Crippen molar-refractivity contribution in [3.63, 3.8) is 0 Å². The Morgan fingerprint density at radius 1 is 1.11 bits per heavy atom. The van der Waals surface area contributed by atoms with Gasteiger partial charge in [0.1, 0.15) is 11.5 Å². The molecule has 37 heavy (non-hydrogen) atoms. The maximum atomic E-state index is 12.5. The number of hydrogen-bond donors (Lipinski definition) is 3. The highest BCUT2D eigenvalue weighted by atomic mass is 19.4. The van der Waals surface area contributed by atoms with Crippen LogP contribution >= 0.6 is 0 Å². The van der Waals surface area contributed by atoms with Crippen LogP contribution in [0.4, 0.5) is 13.2 Å². The van der Waals surface area contributed by atoms with E-state index in [1.54, 1.807) is 19.4 Å². The molecule has 5 rings (SSSR count). The highest BCUT2D eigenvalue weighted by molar-refractivity contribution is 5.84. The number of piperidine rings is 1. The van der Waals surface area contributed by atoms with E-state index in [1.165, 1.54) is 12.1 Å². The largest absolute Gasteiger partial charge is 0.573 e. The van der Waals surface area contributed by atoms with Gasteiger partial charge in [0.2, 0.25) is 0 Å². The molecule has 1 atom stereocenters. The van der Waals surface area contributed by atoms with Gasteiger partial charge in [0, 0.05) is 47.3 Å². The molecule has 7 nitrogen and oxygen atoms in total. The van der Waals surface area contributed by atoms with Crippen molar-refractivity contribution in [1.82, 2.24) is 20.2 Å². The number of aromatic amines is 1. The first-order chi connectivity index (χ1) is 17.8. The van der Waals surface area contributed by atoms with E-state index in [1.807, 2.05) is 30.3 Å². The predicted molar refractivity (Wildman–Crippen MR) is 135 cm³/mol. The van der Waals surface area contributed by atoms with Crippen molar-refractivity contribution in [3.05, 3.63) is 66.0 Å². The standard InChI is InChI=1S/C27H29F3N4O3/c1-36-20-2-5-25-23(14-20)22(6-9-31-25)26(35)16-34-10-7-18(8-11-34)32-15-19-12-17-13-21(37-27(28,29)30)3-4-24(17)33-19/h2-6,9,12-14,18,26,32-33,35H,7-8,10-11,15-16H2,1H3/t26-/m0/s1. The Balaban J connectivity index is 1.13. The summed E-state index contributed by atoms with van der Waals surface area (Å²) in [5.41, 5.74) is 3.32. The highest BCUT2D eigenvalue weighted by Crippen LogP contribution is 2.29. The van der Waals surface area contributed by atoms with Crippen molar-refractivity contribution in [3.8, 4) is 11.5 Å². The van der Waals surface area contributed by atoms with Gasteiger partial charge < -0.3 is 29.8 Å². The van der Waals surface area contributed by atoms with E-state index >= 15 is 0 Å². The van der Waals surface area contributed by atoms with Crippen LogP contribution in [0.5, 0.6) is 11.5 Å². The number of rotatable bonds is 8. The number of alkyl halides is 3. The number of benzene rings is 2. The summed E-state index contributed by atoms with van der Waals surface area (Å²) < 4.78 is 46.8. The average molecular weight is 515 g/mol. The minimum Gasteiger partial charge on any atom is -0.497 e. The number of methoxy groups -OCH3 is 1. The molecular weight excluding hydrogens is 485 g/mol. The maximum absolute atomic E-state index is 12.5. The normalized spacial score (nSPS) is 16.4. The van der Waals surface area contributed by atoms with Crippen LogP contribution in [0.1, 0.15) is 30.2 Å². The molecule has 196 valence electrons. The highest BCUT2D eigenvalue weighted by Gasteiger charge is 2.31. The number of nitrogens with one attached hydrogen (secondary N) is 2. The van der Waals surface area contributed by atoms with Gasteiger partial charge in [-0.25, -0.2) is 0 Å². The van der Waals surface area contributed by atoms with E-state index < -0.39 is 12.5 Å². The van der Waals surface area contributed by atoms with Crippen LogP contribution < -0.4 is 14.8 Å². The van der Waals surface area contributed by atoms with Crippen LogP contribution in [0.15, 0.2) is 54.7 Å². The van der Waals surface area contributed by atoms with Crippen molar-refractivity contribution in [2.45, 2.75) is 37.9 Å². The first kappa shape index (κ1) is 25.3. The summed E-state index contributed by atoms with van der Waals surface area (Å²) in [4.78, 5) is 9.90. The molecule has 4 aromatic rings. The second-order valence-corrected chi connectivity index (χ2v) is 9.35. The molecule has 0 radical (unpaired) electrons. The van der Waals surface area contributed by atoms with E-state index in [9.17, 15) is 18.3 Å². The zero-order valence-electron chi connectivity index (χ0n) is 20.4. The molecule has 1 saturated heterocycles. The number of hydrogen-bond acceptors (Lipinski definition) is 6. The molecule has 0 spiro atoms. The number of halogens is 3. The summed E-state index contributed by atoms with van der Waals surface area (Å²) >= 11 is 0. The molecule has 0 aliphatic carbocycles. The third kappa shape index (κ3) is 6.15. The molecule has 0 amide bonds. The molecule has 0 unspecified atom stereocenters. The van der Waals surface area contributed by atoms with Gasteiger partial charge in [-0.15, -0.1) is 13.2 Å². The lowest BCUT2D eigenvalue weighted by Crippen LogP contribution is -2.43. The maximum Gasteiger partial charge on any atom is 0.573 e. The van der Waals surface area contributed by atoms with Gasteiger partial charge in [0.25, 0.3) is 0 Å². The number of H-pyrrole nitrogens is 1. The van der Waals surface area contributed by atoms with Crippen molar-refractivity contribution in [2.75, 3.05) is 26.7 Å². The Bertz CT molecular complexity index is 1370. The fraction of sp³-hybridized carbons (Fsp3) is 0.370. The molecule has 0 bridgehead atoms. The van der Waals surface area contributed by atoms with Gasteiger partial charge in [0.15, 0.2) is 0 Å². The number of aliphatic hydroxyl groups is 1. The second kappa shape index (κ2) is 10.6. The van der Waals surface area contributed by atoms with E-state index in [0.29, 0.717) is 24.5 Å². The topological polar surface area (TPSA) is 82.6 Å². The Kier molecular flexibility index (Phi) is 7.23. The zero-order chi connectivity index (χ0) is 26.0. The molecule has 1 fully saturated rings. The first-order valence-corrected chi connectivity index (χ1v) is 12.2. The predicted octanol–water partition coefficient (Wildman–Crippen LogP) is 4.91. The minimum absolute atomic E-state index is 0.230. The SMILES string of the molecule is COc1ccc2nccc([C@@H](O)CN3CCC(NCc4cc5cc(OC(F)(F)F)ccc5[nH]4)CC3)c2c1. The second-order valence-electron chi connectivity index (χ2n) is 9.35. The summed E-state index contributed by atoms with van der Waals surface area (Å²) in [5.74, 6) is 0.498. The Labute approximate surface area is 212 Å². The number of β-amino-alcohol motifs (C(OH)–C–C–N with tert-alkyl or cyclic N) is 1. The monoisotopic (exact) mass is 514 g/mol. The zero-order valence-corrected chi connectivity index (χ0v) is 20.4. The molecule has 10 heteroatoms. The molecule has 2 aromatic carbocycles. The lowest BCUT2D eigenvalue weighted by atomic mass is 10.0. The molecule has 1 aliphatic rings. The third-order valence-corrected chi connectivity index (χ3v) is 6.82. The van der Waals surface area contributed by atoms with Gasteiger partial charge in [-0.1, -0.05) is 0 Å². The lowest BCUT2D eigenvalue weighted by molar-refractivity contribution is -0.274. The number of fused-ring (bicyclic) bond motifs is 2. The number of pyridine rings is 1. The summed E-state index contributed by atoms with van der Waals surface area (Å²) in [6.45, 7) is 2.83. The number of nitrogens with zero attached hydrogens (tertiary/aromatic N) is 2. The average Bonchev–Trinajstić information content (AvgIpc) is 3.28. The Morgan fingerprint density at radius 3 is 2.65 bits per heavy atom. The van der Waals surface area contributed by atoms with Crippen LogP contribution in [0.3, 0.4) is 0 Å². The minimum atomic E-state index is -4.71. The van der Waals surface area contributed by atoms with Gasteiger partial charge in [-0.05, 0) is 80.0 Å². The van der Waals surface area contributed by atoms with Gasteiger partial charge >= 0.3 is 6.36 Å². The van der Waals surface area contributed by atoms with Crippen molar-refractivity contribution >= 4 is 21.8 Å². The third-order valence-electron chi connectivity index (χ3n) is 6.82. The number of aromatic nitrogens is 2. The summed E-state index contributed by atoms with van der Waals surface area (Å²) in [7, 11) is 1.62. The summed E-state index contributed by atoms with van der Waals surface area (Å²) in [6, 6.07) is 14.0. The van der Waals surface area contributed by atoms with E-state index in [0.717, 1.165) is 59.4 Å². The van der Waals surface area contributed by atoms with Crippen LogP contribution in [0.25, 0.3) is 21.8 Å². The van der Waals surface area contributed by atoms with Crippen LogP contribution in [0.2, 0.25) is 0 Å². The lowest BCUT2D eigenvalue weighted by Gasteiger charge is -2.33. The Hall–Kier alpha value is -3.34. The van der Waals surface area contributed by atoms with E-state index in [2.05, 4.69) is 24.9 Å². The van der Waals surface area contributed by atoms with Gasteiger partial charge in [-0.3, -0.25) is 4.98 Å². The van der Waals surface area contributed by atoms with E-state index in [-0.39, 0.29) is 5.75 Å². The molecular formula is C27H29F3N4O3. The first-order valence-electron chi connectivity index (χ1n) is 12.2. The fourth-order valence-corrected chi connectivity index (χ4v) is 4.94. The quantitative estimate of drug-likeness (QED) is 0.310. The molecule has 3 N–H and O–H groups in total. The summed E-state index contributed by atoms with van der Waals surface area (Å²) in [5, 5.41) is 16.1. The fourth-order valence-electron chi connectivity index (χ4n) is 4.94. The molecule has 1 aliphatic heterocycles. The van der Waals surface area contributed by atoms with Crippen LogP contribution in [-0.4, -0.2) is 59.1 Å². The number of aliphatic hydroxyl groups excluding tert-OH is 1. The van der Waals surface area contributed by atoms with Crippen molar-refractivity contribution < 1.29 is 27.8 Å². The molecule has 3 heterocycles. The smallest absolute Gasteiger partial charge is 0.497 e. The van der Waals surface area contributed by atoms with Gasteiger partial charge in [-0.2, -0.15) is 0 Å². The number of ether oxygens (including phenoxy) is 2. The molecule has 0 saturated carbocycles. The number of likely N-dealkylation sites (tertiary alicyclic amines) is 1. The van der Waals surface area contributed by atoms with Crippen LogP contribution in [0, 0.1) is 0 Å². The van der Waals surface area contributed by atoms with Crippen molar-refractivity contribution in [2.24, 2.45) is 0 Å². The summed E-state index contributed by atoms with van der Waals surface area (Å²) in [6.07, 6.45) is -1.76.